The summed E-state index contributed by atoms with van der Waals surface area (Å²) in [4.78, 5) is 14.0. The zero-order valence-electron chi connectivity index (χ0n) is 15.1. The number of carbonyl (C=O) groups excluding carboxylic acids is 1. The van der Waals surface area contributed by atoms with E-state index in [4.69, 9.17) is 28.9 Å². The molecule has 1 amide bonds. The molecule has 138 valence electrons. The Morgan fingerprint density at radius 1 is 1.27 bits per heavy atom. The Bertz CT molecular complexity index is 804. The van der Waals surface area contributed by atoms with Gasteiger partial charge in [0.15, 0.2) is 0 Å². The van der Waals surface area contributed by atoms with Crippen LogP contribution in [-0.2, 0) is 11.3 Å². The summed E-state index contributed by atoms with van der Waals surface area (Å²) in [6.07, 6.45) is 1.70. The number of nitrogens with zero attached hydrogens (tertiary/aromatic N) is 1. The molecule has 2 unspecified atom stereocenters. The lowest BCUT2D eigenvalue weighted by Gasteiger charge is -2.33. The van der Waals surface area contributed by atoms with Gasteiger partial charge in [0.05, 0.1) is 5.92 Å². The van der Waals surface area contributed by atoms with E-state index in [1.807, 2.05) is 24.3 Å². The zero-order chi connectivity index (χ0) is 18.8. The number of halogens is 2. The topological polar surface area (TPSA) is 46.3 Å². The van der Waals surface area contributed by atoms with Crippen LogP contribution >= 0.6 is 23.2 Å². The predicted molar refractivity (Wildman–Crippen MR) is 108 cm³/mol. The van der Waals surface area contributed by atoms with Crippen molar-refractivity contribution in [3.8, 4) is 0 Å². The van der Waals surface area contributed by atoms with E-state index in [1.165, 1.54) is 11.1 Å². The summed E-state index contributed by atoms with van der Waals surface area (Å²) in [6, 6.07) is 12.1. The molecule has 0 fully saturated rings. The van der Waals surface area contributed by atoms with Crippen LogP contribution in [0.4, 0.5) is 0 Å². The molecule has 2 aromatic carbocycles. The second kappa shape index (κ2) is 7.99. The molecular formula is C21H24Cl2N2O. The fraction of sp³-hybridized carbons (Fsp3) is 0.381. The van der Waals surface area contributed by atoms with E-state index in [-0.39, 0.29) is 17.7 Å². The number of carbonyl (C=O) groups is 1. The van der Waals surface area contributed by atoms with Crippen molar-refractivity contribution in [1.82, 2.24) is 4.90 Å². The van der Waals surface area contributed by atoms with Crippen LogP contribution in [0.15, 0.2) is 36.4 Å². The number of hydrogen-bond acceptors (Lipinski definition) is 2. The lowest BCUT2D eigenvalue weighted by atomic mass is 9.83. The van der Waals surface area contributed by atoms with E-state index in [0.29, 0.717) is 5.02 Å². The summed E-state index contributed by atoms with van der Waals surface area (Å²) in [5.74, 6) is -0.285. The van der Waals surface area contributed by atoms with Gasteiger partial charge >= 0.3 is 0 Å². The normalized spacial score (nSPS) is 18.4. The van der Waals surface area contributed by atoms with Gasteiger partial charge in [-0.3, -0.25) is 4.79 Å². The summed E-state index contributed by atoms with van der Waals surface area (Å²) in [5, 5.41) is 1.38. The third-order valence-electron chi connectivity index (χ3n) is 5.15. The first-order chi connectivity index (χ1) is 12.4. The molecule has 0 radical (unpaired) electrons. The maximum Gasteiger partial charge on any atom is 0.224 e. The first kappa shape index (κ1) is 19.2. The van der Waals surface area contributed by atoms with Gasteiger partial charge in [-0.05, 0) is 47.9 Å². The average molecular weight is 391 g/mol. The maximum absolute atomic E-state index is 11.7. The van der Waals surface area contributed by atoms with E-state index >= 15 is 0 Å². The summed E-state index contributed by atoms with van der Waals surface area (Å²) >= 11 is 12.7. The van der Waals surface area contributed by atoms with Gasteiger partial charge in [0.2, 0.25) is 5.91 Å². The Balaban J connectivity index is 1.96. The van der Waals surface area contributed by atoms with Crippen LogP contribution < -0.4 is 5.73 Å². The quantitative estimate of drug-likeness (QED) is 0.785. The van der Waals surface area contributed by atoms with Crippen molar-refractivity contribution in [1.29, 1.82) is 0 Å². The molecule has 26 heavy (non-hydrogen) atoms. The monoisotopic (exact) mass is 390 g/mol. The van der Waals surface area contributed by atoms with Gasteiger partial charge in [-0.2, -0.15) is 0 Å². The lowest BCUT2D eigenvalue weighted by molar-refractivity contribution is -0.119. The molecule has 2 atom stereocenters. The van der Waals surface area contributed by atoms with Crippen molar-refractivity contribution in [3.05, 3.63) is 68.7 Å². The molecule has 0 aliphatic carbocycles. The summed E-state index contributed by atoms with van der Waals surface area (Å²) < 4.78 is 0. The summed E-state index contributed by atoms with van der Waals surface area (Å²) in [5.41, 5.74) is 10.1. The first-order valence-electron chi connectivity index (χ1n) is 8.96. The van der Waals surface area contributed by atoms with Gasteiger partial charge in [0.25, 0.3) is 0 Å². The summed E-state index contributed by atoms with van der Waals surface area (Å²) in [6.45, 7) is 3.78. The van der Waals surface area contributed by atoms with Crippen LogP contribution in [0.1, 0.15) is 53.9 Å². The number of nitrogens with two attached hydrogens (primary N) is 1. The van der Waals surface area contributed by atoms with Crippen LogP contribution in [-0.4, -0.2) is 24.4 Å². The molecule has 1 aliphatic rings. The van der Waals surface area contributed by atoms with Gasteiger partial charge in [-0.15, -0.1) is 0 Å². The number of hydrogen-bond donors (Lipinski definition) is 1. The van der Waals surface area contributed by atoms with Crippen LogP contribution in [0.2, 0.25) is 10.0 Å². The second-order valence-electron chi connectivity index (χ2n) is 7.12. The van der Waals surface area contributed by atoms with Crippen LogP contribution in [0.5, 0.6) is 0 Å². The molecule has 0 spiro atoms. The van der Waals surface area contributed by atoms with E-state index in [1.54, 1.807) is 0 Å². The molecular weight excluding hydrogens is 367 g/mol. The lowest BCUT2D eigenvalue weighted by Crippen LogP contribution is -2.31. The number of likely N-dealkylation sites (N-methyl/N-ethyl adjacent to an activating group) is 1. The molecule has 3 nitrogen and oxygen atoms in total. The highest BCUT2D eigenvalue weighted by atomic mass is 35.5. The average Bonchev–Trinajstić information content (AvgIpc) is 2.60. The minimum atomic E-state index is -0.263. The molecule has 2 aromatic rings. The number of benzene rings is 2. The molecule has 2 N–H and O–H groups in total. The summed E-state index contributed by atoms with van der Waals surface area (Å²) in [7, 11) is 2.10. The number of fused-ring (bicyclic) bond motifs is 1. The van der Waals surface area contributed by atoms with E-state index in [2.05, 4.69) is 31.0 Å². The smallest absolute Gasteiger partial charge is 0.224 e. The van der Waals surface area contributed by atoms with Crippen molar-refractivity contribution >= 4 is 29.1 Å². The molecule has 1 aliphatic heterocycles. The van der Waals surface area contributed by atoms with Gasteiger partial charge in [-0.1, -0.05) is 60.8 Å². The van der Waals surface area contributed by atoms with Crippen molar-refractivity contribution in [2.24, 2.45) is 5.73 Å². The largest absolute Gasteiger partial charge is 0.369 e. The Morgan fingerprint density at radius 3 is 2.58 bits per heavy atom. The zero-order valence-corrected chi connectivity index (χ0v) is 16.6. The number of primary amides is 1. The number of rotatable bonds is 5. The minimum absolute atomic E-state index is 0.201. The highest BCUT2D eigenvalue weighted by molar-refractivity contribution is 6.35. The Hall–Kier alpha value is -1.55. The van der Waals surface area contributed by atoms with Crippen LogP contribution in [0, 0.1) is 0 Å². The van der Waals surface area contributed by atoms with E-state index in [0.717, 1.165) is 42.1 Å². The Kier molecular flexibility index (Phi) is 5.91. The molecule has 0 aromatic heterocycles. The standard InChI is InChI=1S/C21H24Cl2N2O/c1-3-4-16(21(24)26)13-5-7-14(8-6-13)18-11-25(2)12-19-17(18)9-15(22)10-20(19)23/h5-10,16,18H,3-4,11-12H2,1-2H3,(H2,24,26). The third-order valence-corrected chi connectivity index (χ3v) is 5.71. The highest BCUT2D eigenvalue weighted by Crippen LogP contribution is 2.38. The predicted octanol–water partition coefficient (Wildman–Crippen LogP) is 4.94. The van der Waals surface area contributed by atoms with Crippen molar-refractivity contribution < 1.29 is 4.79 Å². The Labute approximate surface area is 165 Å². The van der Waals surface area contributed by atoms with Crippen molar-refractivity contribution in [2.75, 3.05) is 13.6 Å². The molecule has 5 heteroatoms. The molecule has 1 heterocycles. The van der Waals surface area contributed by atoms with Gasteiger partial charge in [-0.25, -0.2) is 0 Å². The molecule has 0 saturated heterocycles. The fourth-order valence-corrected chi connectivity index (χ4v) is 4.42. The maximum atomic E-state index is 11.7. The van der Waals surface area contributed by atoms with Crippen molar-refractivity contribution in [2.45, 2.75) is 38.1 Å². The molecule has 0 bridgehead atoms. The SMILES string of the molecule is CCCC(C(N)=O)c1ccc(C2CN(C)Cc3c(Cl)cc(Cl)cc32)cc1. The van der Waals surface area contributed by atoms with Crippen molar-refractivity contribution in [3.63, 3.8) is 0 Å². The highest BCUT2D eigenvalue weighted by Gasteiger charge is 2.27. The van der Waals surface area contributed by atoms with E-state index < -0.39 is 0 Å². The molecule has 0 saturated carbocycles. The second-order valence-corrected chi connectivity index (χ2v) is 7.96. The van der Waals surface area contributed by atoms with E-state index in [9.17, 15) is 4.79 Å². The first-order valence-corrected chi connectivity index (χ1v) is 9.71. The fourth-order valence-electron chi connectivity index (χ4n) is 3.85. The Morgan fingerprint density at radius 2 is 1.96 bits per heavy atom. The van der Waals surface area contributed by atoms with Gasteiger partial charge in [0.1, 0.15) is 0 Å². The number of amides is 1. The van der Waals surface area contributed by atoms with Gasteiger partial charge in [0, 0.05) is 29.1 Å². The minimum Gasteiger partial charge on any atom is -0.369 e. The van der Waals surface area contributed by atoms with Crippen LogP contribution in [0.25, 0.3) is 0 Å². The van der Waals surface area contributed by atoms with Gasteiger partial charge < -0.3 is 10.6 Å². The molecule has 3 rings (SSSR count). The third kappa shape index (κ3) is 3.90. The van der Waals surface area contributed by atoms with Crippen LogP contribution in [0.3, 0.4) is 0 Å².